The smallest absolute Gasteiger partial charge is 0.222 e. The van der Waals surface area contributed by atoms with Gasteiger partial charge >= 0.3 is 0 Å². The second-order valence-electron chi connectivity index (χ2n) is 5.20. The Bertz CT molecular complexity index is 444. The zero-order chi connectivity index (χ0) is 12.4. The van der Waals surface area contributed by atoms with E-state index >= 15 is 0 Å². The highest BCUT2D eigenvalue weighted by Gasteiger charge is 2.22. The second-order valence-corrected chi connectivity index (χ2v) is 5.20. The summed E-state index contributed by atoms with van der Waals surface area (Å²) in [7, 11) is 0. The Hall–Kier alpha value is -1.51. The Morgan fingerprint density at radius 2 is 1.67 bits per heavy atom. The summed E-state index contributed by atoms with van der Waals surface area (Å²) < 4.78 is 0. The lowest BCUT2D eigenvalue weighted by Crippen LogP contribution is -2.38. The molecule has 1 amide bonds. The van der Waals surface area contributed by atoms with Gasteiger partial charge in [-0.15, -0.1) is 0 Å². The number of amides is 1. The van der Waals surface area contributed by atoms with Crippen molar-refractivity contribution >= 4 is 11.6 Å². The number of rotatable bonds is 3. The first-order valence-electron chi connectivity index (χ1n) is 6.95. The Morgan fingerprint density at radius 1 is 0.944 bits per heavy atom. The number of nitrogens with zero attached hydrogens (tertiary/aromatic N) is 2. The molecule has 0 radical (unpaired) electrons. The summed E-state index contributed by atoms with van der Waals surface area (Å²) in [4.78, 5) is 16.0. The molecular formula is C15H20N2O. The zero-order valence-corrected chi connectivity index (χ0v) is 10.8. The van der Waals surface area contributed by atoms with Crippen LogP contribution in [0.2, 0.25) is 0 Å². The van der Waals surface area contributed by atoms with Crippen molar-refractivity contribution in [2.45, 2.75) is 25.7 Å². The molecule has 3 heteroatoms. The number of aryl methyl sites for hydroxylation is 1. The summed E-state index contributed by atoms with van der Waals surface area (Å²) >= 11 is 0. The predicted octanol–water partition coefficient (Wildman–Crippen LogP) is 2.06. The molecule has 0 unspecified atom stereocenters. The van der Waals surface area contributed by atoms with Crippen LogP contribution in [0.4, 0.5) is 5.69 Å². The van der Waals surface area contributed by atoms with Crippen molar-refractivity contribution in [2.24, 2.45) is 0 Å². The van der Waals surface area contributed by atoms with E-state index in [-0.39, 0.29) is 0 Å². The molecule has 0 aliphatic carbocycles. The maximum atomic E-state index is 11.6. The van der Waals surface area contributed by atoms with Crippen LogP contribution in [0.1, 0.15) is 24.8 Å². The van der Waals surface area contributed by atoms with E-state index in [9.17, 15) is 4.79 Å². The van der Waals surface area contributed by atoms with Crippen molar-refractivity contribution in [1.82, 2.24) is 4.90 Å². The molecule has 0 atom stereocenters. The van der Waals surface area contributed by atoms with E-state index in [4.69, 9.17) is 0 Å². The fourth-order valence-corrected chi connectivity index (χ4v) is 3.03. The van der Waals surface area contributed by atoms with Crippen LogP contribution in [-0.2, 0) is 11.2 Å². The highest BCUT2D eigenvalue weighted by Crippen LogP contribution is 2.26. The summed E-state index contributed by atoms with van der Waals surface area (Å²) in [6, 6.07) is 8.66. The molecule has 1 saturated heterocycles. The van der Waals surface area contributed by atoms with Gasteiger partial charge in [-0.3, -0.25) is 4.79 Å². The number of para-hydroxylation sites is 1. The fraction of sp³-hybridized carbons (Fsp3) is 0.533. The topological polar surface area (TPSA) is 23.6 Å². The summed E-state index contributed by atoms with van der Waals surface area (Å²) in [5.41, 5.74) is 2.83. The number of benzene rings is 1. The third kappa shape index (κ3) is 2.22. The van der Waals surface area contributed by atoms with Crippen molar-refractivity contribution in [3.8, 4) is 0 Å². The summed E-state index contributed by atoms with van der Waals surface area (Å²) in [5, 5.41) is 0. The standard InChI is InChI=1S/C15H20N2O/c18-15-8-4-10-17(15)12-11-16-9-3-6-13-5-1-2-7-14(13)16/h1-2,5,7H,3-4,6,8-12H2. The lowest BCUT2D eigenvalue weighted by Gasteiger charge is -2.32. The van der Waals surface area contributed by atoms with E-state index in [1.807, 2.05) is 4.90 Å². The molecule has 3 rings (SSSR count). The highest BCUT2D eigenvalue weighted by atomic mass is 16.2. The number of carbonyl (C=O) groups is 1. The predicted molar refractivity (Wildman–Crippen MR) is 72.8 cm³/mol. The molecule has 96 valence electrons. The molecule has 2 aliphatic rings. The third-order valence-corrected chi connectivity index (χ3v) is 4.02. The molecule has 0 bridgehead atoms. The molecule has 2 aliphatic heterocycles. The van der Waals surface area contributed by atoms with Gasteiger partial charge in [-0.05, 0) is 30.9 Å². The molecule has 18 heavy (non-hydrogen) atoms. The van der Waals surface area contributed by atoms with Gasteiger partial charge in [-0.2, -0.15) is 0 Å². The SMILES string of the molecule is O=C1CCCN1CCN1CCCc2ccccc21. The van der Waals surface area contributed by atoms with Crippen molar-refractivity contribution in [3.63, 3.8) is 0 Å². The Morgan fingerprint density at radius 3 is 2.50 bits per heavy atom. The van der Waals surface area contributed by atoms with Gasteiger partial charge in [0.2, 0.25) is 5.91 Å². The molecule has 0 saturated carbocycles. The maximum absolute atomic E-state index is 11.6. The molecule has 0 N–H and O–H groups in total. The number of likely N-dealkylation sites (tertiary alicyclic amines) is 1. The van der Waals surface area contributed by atoms with Gasteiger partial charge in [0, 0.05) is 38.3 Å². The molecule has 1 fully saturated rings. The average molecular weight is 244 g/mol. The average Bonchev–Trinajstić information content (AvgIpc) is 2.82. The number of fused-ring (bicyclic) bond motifs is 1. The van der Waals surface area contributed by atoms with E-state index in [1.54, 1.807) is 0 Å². The van der Waals surface area contributed by atoms with Crippen molar-refractivity contribution in [3.05, 3.63) is 29.8 Å². The van der Waals surface area contributed by atoms with E-state index in [2.05, 4.69) is 29.2 Å². The van der Waals surface area contributed by atoms with Crippen LogP contribution in [0.15, 0.2) is 24.3 Å². The van der Waals surface area contributed by atoms with Gasteiger partial charge in [-0.25, -0.2) is 0 Å². The van der Waals surface area contributed by atoms with Gasteiger partial charge in [0.15, 0.2) is 0 Å². The number of anilines is 1. The largest absolute Gasteiger partial charge is 0.370 e. The minimum atomic E-state index is 0.334. The Balaban J connectivity index is 1.65. The van der Waals surface area contributed by atoms with Crippen LogP contribution < -0.4 is 4.90 Å². The van der Waals surface area contributed by atoms with Crippen LogP contribution in [0.5, 0.6) is 0 Å². The Kier molecular flexibility index (Phi) is 3.22. The van der Waals surface area contributed by atoms with E-state index in [0.29, 0.717) is 5.91 Å². The van der Waals surface area contributed by atoms with E-state index < -0.39 is 0 Å². The van der Waals surface area contributed by atoms with Gasteiger partial charge in [0.1, 0.15) is 0 Å². The van der Waals surface area contributed by atoms with Gasteiger partial charge in [0.25, 0.3) is 0 Å². The van der Waals surface area contributed by atoms with Gasteiger partial charge in [-0.1, -0.05) is 18.2 Å². The number of carbonyl (C=O) groups excluding carboxylic acids is 1. The van der Waals surface area contributed by atoms with E-state index in [1.165, 1.54) is 24.1 Å². The highest BCUT2D eigenvalue weighted by molar-refractivity contribution is 5.78. The fourth-order valence-electron chi connectivity index (χ4n) is 3.03. The number of hydrogen-bond acceptors (Lipinski definition) is 2. The normalized spacial score (nSPS) is 19.2. The minimum Gasteiger partial charge on any atom is -0.370 e. The molecule has 0 spiro atoms. The lowest BCUT2D eigenvalue weighted by atomic mass is 10.0. The van der Waals surface area contributed by atoms with Crippen molar-refractivity contribution < 1.29 is 4.79 Å². The second kappa shape index (κ2) is 5.01. The molecule has 1 aromatic carbocycles. The van der Waals surface area contributed by atoms with Crippen LogP contribution >= 0.6 is 0 Å². The summed E-state index contributed by atoms with van der Waals surface area (Å²) in [6.07, 6.45) is 4.20. The zero-order valence-electron chi connectivity index (χ0n) is 10.8. The first kappa shape index (κ1) is 11.6. The van der Waals surface area contributed by atoms with E-state index in [0.717, 1.165) is 39.0 Å². The molecule has 0 aromatic heterocycles. The molecule has 1 aromatic rings. The van der Waals surface area contributed by atoms with Crippen molar-refractivity contribution in [1.29, 1.82) is 0 Å². The number of hydrogen-bond donors (Lipinski definition) is 0. The molecule has 2 heterocycles. The molecule has 3 nitrogen and oxygen atoms in total. The Labute approximate surface area is 108 Å². The van der Waals surface area contributed by atoms with Crippen LogP contribution in [-0.4, -0.2) is 37.0 Å². The van der Waals surface area contributed by atoms with Crippen molar-refractivity contribution in [2.75, 3.05) is 31.1 Å². The van der Waals surface area contributed by atoms with Gasteiger partial charge in [0.05, 0.1) is 0 Å². The van der Waals surface area contributed by atoms with Crippen LogP contribution in [0, 0.1) is 0 Å². The monoisotopic (exact) mass is 244 g/mol. The minimum absolute atomic E-state index is 0.334. The first-order valence-corrected chi connectivity index (χ1v) is 6.95. The van der Waals surface area contributed by atoms with Gasteiger partial charge < -0.3 is 9.80 Å². The van der Waals surface area contributed by atoms with Crippen LogP contribution in [0.25, 0.3) is 0 Å². The van der Waals surface area contributed by atoms with Crippen LogP contribution in [0.3, 0.4) is 0 Å². The first-order chi connectivity index (χ1) is 8.84. The summed E-state index contributed by atoms with van der Waals surface area (Å²) in [5.74, 6) is 0.334. The summed E-state index contributed by atoms with van der Waals surface area (Å²) in [6.45, 7) is 3.93. The molecular weight excluding hydrogens is 224 g/mol. The third-order valence-electron chi connectivity index (χ3n) is 4.02. The quantitative estimate of drug-likeness (QED) is 0.812. The lowest BCUT2D eigenvalue weighted by molar-refractivity contribution is -0.127. The maximum Gasteiger partial charge on any atom is 0.222 e.